The molecular weight excluding hydrogens is 220 g/mol. The number of rotatable bonds is 4. The number of carbonyl (C=O) groups excluding carboxylic acids is 1. The number of ketones is 1. The van der Waals surface area contributed by atoms with E-state index in [0.29, 0.717) is 5.56 Å². The lowest BCUT2D eigenvalue weighted by molar-refractivity contribution is 0.0991. The molecular formula is C14H19ClO. The van der Waals surface area contributed by atoms with Crippen molar-refractivity contribution < 1.29 is 4.79 Å². The van der Waals surface area contributed by atoms with Gasteiger partial charge in [-0.1, -0.05) is 45.0 Å². The monoisotopic (exact) mass is 238 g/mol. The molecule has 0 bridgehead atoms. The Kier molecular flexibility index (Phi) is 4.15. The minimum absolute atomic E-state index is 0.0116. The molecule has 0 saturated heterocycles. The molecule has 88 valence electrons. The Bertz CT molecular complexity index is 363. The molecule has 1 aromatic carbocycles. The van der Waals surface area contributed by atoms with Gasteiger partial charge in [0.05, 0.1) is 5.38 Å². The van der Waals surface area contributed by atoms with Crippen LogP contribution in [0.1, 0.15) is 50.0 Å². The van der Waals surface area contributed by atoms with E-state index in [0.717, 1.165) is 6.42 Å². The predicted molar refractivity (Wildman–Crippen MR) is 69.4 cm³/mol. The van der Waals surface area contributed by atoms with E-state index in [1.54, 1.807) is 6.92 Å². The molecule has 0 aromatic heterocycles. The molecule has 1 unspecified atom stereocenters. The highest BCUT2D eigenvalue weighted by Crippen LogP contribution is 2.26. The van der Waals surface area contributed by atoms with Crippen molar-refractivity contribution in [2.24, 2.45) is 0 Å². The summed E-state index contributed by atoms with van der Waals surface area (Å²) in [6.45, 7) is 8.27. The average molecular weight is 239 g/mol. The molecule has 0 N–H and O–H groups in total. The Morgan fingerprint density at radius 2 is 1.81 bits per heavy atom. The Labute approximate surface area is 103 Å². The van der Waals surface area contributed by atoms with Crippen molar-refractivity contribution in [3.8, 4) is 0 Å². The van der Waals surface area contributed by atoms with Gasteiger partial charge in [0.25, 0.3) is 0 Å². The fourth-order valence-electron chi connectivity index (χ4n) is 1.52. The van der Waals surface area contributed by atoms with E-state index in [4.69, 9.17) is 11.6 Å². The summed E-state index contributed by atoms with van der Waals surface area (Å²) in [6.07, 6.45) is 1.08. The molecule has 16 heavy (non-hydrogen) atoms. The van der Waals surface area contributed by atoms with Crippen LogP contribution in [0.5, 0.6) is 0 Å². The van der Waals surface area contributed by atoms with Gasteiger partial charge in [0.15, 0.2) is 5.78 Å². The third-order valence-electron chi connectivity index (χ3n) is 3.20. The summed E-state index contributed by atoms with van der Waals surface area (Å²) >= 11 is 5.77. The second-order valence-electron chi connectivity index (χ2n) is 4.80. The topological polar surface area (TPSA) is 17.1 Å². The molecule has 0 aliphatic rings. The minimum atomic E-state index is -0.454. The summed E-state index contributed by atoms with van der Waals surface area (Å²) in [5.41, 5.74) is 2.11. The van der Waals surface area contributed by atoms with Gasteiger partial charge in [0.2, 0.25) is 0 Å². The Balaban J connectivity index is 2.96. The Morgan fingerprint density at radius 3 is 2.19 bits per heavy atom. The molecule has 1 aromatic rings. The van der Waals surface area contributed by atoms with Crippen LogP contribution in [0.15, 0.2) is 24.3 Å². The number of hydrogen-bond donors (Lipinski definition) is 0. The normalized spacial score (nSPS) is 13.6. The lowest BCUT2D eigenvalue weighted by atomic mass is 9.82. The van der Waals surface area contributed by atoms with Crippen molar-refractivity contribution in [1.29, 1.82) is 0 Å². The largest absolute Gasteiger partial charge is 0.293 e. The molecule has 1 nitrogen and oxygen atoms in total. The second kappa shape index (κ2) is 5.01. The van der Waals surface area contributed by atoms with E-state index >= 15 is 0 Å². The first-order valence-electron chi connectivity index (χ1n) is 5.67. The maximum atomic E-state index is 11.6. The Hall–Kier alpha value is -0.820. The van der Waals surface area contributed by atoms with E-state index in [9.17, 15) is 4.79 Å². The second-order valence-corrected chi connectivity index (χ2v) is 5.45. The maximum Gasteiger partial charge on any atom is 0.180 e. The van der Waals surface area contributed by atoms with Gasteiger partial charge < -0.3 is 0 Å². The highest BCUT2D eigenvalue weighted by molar-refractivity contribution is 6.33. The molecule has 1 rings (SSSR count). The smallest absolute Gasteiger partial charge is 0.180 e. The first kappa shape index (κ1) is 13.2. The average Bonchev–Trinajstić information content (AvgIpc) is 2.28. The van der Waals surface area contributed by atoms with E-state index in [2.05, 4.69) is 20.8 Å². The van der Waals surface area contributed by atoms with Crippen molar-refractivity contribution in [2.75, 3.05) is 0 Å². The van der Waals surface area contributed by atoms with Crippen molar-refractivity contribution >= 4 is 17.4 Å². The first-order valence-corrected chi connectivity index (χ1v) is 6.11. The highest BCUT2D eigenvalue weighted by atomic mass is 35.5. The zero-order chi connectivity index (χ0) is 12.3. The van der Waals surface area contributed by atoms with E-state index in [-0.39, 0.29) is 11.2 Å². The fourth-order valence-corrected chi connectivity index (χ4v) is 1.65. The number of benzene rings is 1. The molecule has 0 aliphatic heterocycles. The molecule has 1 atom stereocenters. The van der Waals surface area contributed by atoms with E-state index < -0.39 is 5.38 Å². The third-order valence-corrected chi connectivity index (χ3v) is 3.39. The number of Topliss-reactive ketones (excluding diaryl/α,β-unsaturated/α-hetero) is 1. The number of carbonyl (C=O) groups is 1. The van der Waals surface area contributed by atoms with Crippen LogP contribution < -0.4 is 0 Å². The lowest BCUT2D eigenvalue weighted by Crippen LogP contribution is -2.16. The SMILES string of the molecule is CCC(C)(C)c1ccc(C(=O)C(C)Cl)cc1. The maximum absolute atomic E-state index is 11.6. The molecule has 0 amide bonds. The van der Waals surface area contributed by atoms with Crippen LogP contribution in [0, 0.1) is 0 Å². The van der Waals surface area contributed by atoms with Gasteiger partial charge in [-0.3, -0.25) is 4.79 Å². The fraction of sp³-hybridized carbons (Fsp3) is 0.500. The van der Waals surface area contributed by atoms with Crippen molar-refractivity contribution in [3.63, 3.8) is 0 Å². The third kappa shape index (κ3) is 2.85. The molecule has 0 fully saturated rings. The van der Waals surface area contributed by atoms with Crippen molar-refractivity contribution in [2.45, 2.75) is 44.9 Å². The van der Waals surface area contributed by atoms with Gasteiger partial charge in [-0.25, -0.2) is 0 Å². The van der Waals surface area contributed by atoms with Crippen LogP contribution in [-0.4, -0.2) is 11.2 Å². The summed E-state index contributed by atoms with van der Waals surface area (Å²) in [4.78, 5) is 11.6. The lowest BCUT2D eigenvalue weighted by Gasteiger charge is -2.23. The van der Waals surface area contributed by atoms with Gasteiger partial charge >= 0.3 is 0 Å². The summed E-state index contributed by atoms with van der Waals surface area (Å²) in [6, 6.07) is 7.79. The quantitative estimate of drug-likeness (QED) is 0.568. The summed E-state index contributed by atoms with van der Waals surface area (Å²) in [7, 11) is 0. The zero-order valence-corrected chi connectivity index (χ0v) is 11.1. The van der Waals surface area contributed by atoms with Crippen LogP contribution in [-0.2, 0) is 5.41 Å². The van der Waals surface area contributed by atoms with E-state index in [1.807, 2.05) is 24.3 Å². The molecule has 0 heterocycles. The van der Waals surface area contributed by atoms with Crippen LogP contribution in [0.4, 0.5) is 0 Å². The number of hydrogen-bond acceptors (Lipinski definition) is 1. The first-order chi connectivity index (χ1) is 7.38. The standard InChI is InChI=1S/C14H19ClO/c1-5-14(3,4)12-8-6-11(7-9-12)13(16)10(2)15/h6-10H,5H2,1-4H3. The zero-order valence-electron chi connectivity index (χ0n) is 10.4. The van der Waals surface area contributed by atoms with Crippen molar-refractivity contribution in [3.05, 3.63) is 35.4 Å². The highest BCUT2D eigenvalue weighted by Gasteiger charge is 2.18. The van der Waals surface area contributed by atoms with Gasteiger partial charge in [0.1, 0.15) is 0 Å². The summed E-state index contributed by atoms with van der Waals surface area (Å²) in [5.74, 6) is -0.0116. The van der Waals surface area contributed by atoms with Gasteiger partial charge in [0, 0.05) is 5.56 Å². The number of alkyl halides is 1. The van der Waals surface area contributed by atoms with Crippen LogP contribution >= 0.6 is 11.6 Å². The van der Waals surface area contributed by atoms with Gasteiger partial charge in [-0.05, 0) is 24.3 Å². The molecule has 0 aliphatic carbocycles. The van der Waals surface area contributed by atoms with Crippen LogP contribution in [0.2, 0.25) is 0 Å². The summed E-state index contributed by atoms with van der Waals surface area (Å²) < 4.78 is 0. The van der Waals surface area contributed by atoms with Crippen LogP contribution in [0.3, 0.4) is 0 Å². The van der Waals surface area contributed by atoms with E-state index in [1.165, 1.54) is 5.56 Å². The minimum Gasteiger partial charge on any atom is -0.293 e. The van der Waals surface area contributed by atoms with Crippen molar-refractivity contribution in [1.82, 2.24) is 0 Å². The number of halogens is 1. The summed E-state index contributed by atoms with van der Waals surface area (Å²) in [5, 5.41) is -0.454. The molecule has 0 saturated carbocycles. The van der Waals surface area contributed by atoms with Gasteiger partial charge in [-0.15, -0.1) is 11.6 Å². The van der Waals surface area contributed by atoms with Gasteiger partial charge in [-0.2, -0.15) is 0 Å². The van der Waals surface area contributed by atoms with Crippen LogP contribution in [0.25, 0.3) is 0 Å². The molecule has 0 radical (unpaired) electrons. The predicted octanol–water partition coefficient (Wildman–Crippen LogP) is 4.18. The molecule has 2 heteroatoms. The Morgan fingerprint density at radius 1 is 1.31 bits per heavy atom. The molecule has 0 spiro atoms.